The first kappa shape index (κ1) is 19.6. The highest BCUT2D eigenvalue weighted by Gasteiger charge is 2.39. The third-order valence-corrected chi connectivity index (χ3v) is 6.99. The van der Waals surface area contributed by atoms with E-state index in [0.29, 0.717) is 9.23 Å². The highest BCUT2D eigenvalue weighted by molar-refractivity contribution is 8.26. The molecule has 4 rings (SSSR count). The molecule has 5 heteroatoms. The molecule has 1 aliphatic heterocycles. The third kappa shape index (κ3) is 4.15. The summed E-state index contributed by atoms with van der Waals surface area (Å²) in [5.74, 6) is -0.122. The van der Waals surface area contributed by atoms with Gasteiger partial charge in [-0.15, -0.1) is 0 Å². The molecular weight excluding hydrogens is 389 g/mol. The van der Waals surface area contributed by atoms with Crippen LogP contribution < -0.4 is 0 Å². The van der Waals surface area contributed by atoms with Crippen molar-refractivity contribution in [3.8, 4) is 0 Å². The Balaban J connectivity index is 1.54. The lowest BCUT2D eigenvalue weighted by atomic mass is 9.87. The van der Waals surface area contributed by atoms with Crippen molar-refractivity contribution >= 4 is 39.8 Å². The molecule has 1 saturated heterocycles. The lowest BCUT2D eigenvalue weighted by Crippen LogP contribution is -2.38. The molecule has 1 aromatic rings. The zero-order valence-corrected chi connectivity index (χ0v) is 17.4. The Morgan fingerprint density at radius 1 is 1.14 bits per heavy atom. The molecule has 2 fully saturated rings. The van der Waals surface area contributed by atoms with E-state index >= 15 is 4.39 Å². The predicted octanol–water partition coefficient (Wildman–Crippen LogP) is 6.21. The lowest BCUT2D eigenvalue weighted by molar-refractivity contribution is -0.123. The van der Waals surface area contributed by atoms with Crippen molar-refractivity contribution in [1.82, 2.24) is 4.90 Å². The quantitative estimate of drug-likeness (QED) is 0.334. The average molecular weight is 414 g/mol. The zero-order chi connectivity index (χ0) is 19.6. The van der Waals surface area contributed by atoms with Gasteiger partial charge in [-0.25, -0.2) is 4.39 Å². The van der Waals surface area contributed by atoms with E-state index in [1.807, 2.05) is 36.4 Å². The van der Waals surface area contributed by atoms with Crippen LogP contribution in [-0.2, 0) is 4.79 Å². The van der Waals surface area contributed by atoms with E-state index in [9.17, 15) is 4.79 Å². The number of thiocarbonyl (C=S) groups is 1. The molecule has 28 heavy (non-hydrogen) atoms. The standard InChI is InChI=1S/C23H24FNOS2/c24-23(14-8-11-18(15-23)17-9-4-3-5-10-17)16-20-21(26)25(22(27)28-20)19-12-6-1-2-7-13-19/h3-5,8-11,14,16,19H,1-2,6-7,12-13,15H2. The largest absolute Gasteiger partial charge is 0.290 e. The van der Waals surface area contributed by atoms with Gasteiger partial charge >= 0.3 is 0 Å². The molecule has 2 nitrogen and oxygen atoms in total. The van der Waals surface area contributed by atoms with E-state index in [1.54, 1.807) is 11.0 Å². The van der Waals surface area contributed by atoms with E-state index < -0.39 is 5.67 Å². The molecule has 1 saturated carbocycles. The number of benzene rings is 1. The van der Waals surface area contributed by atoms with E-state index in [4.69, 9.17) is 12.2 Å². The van der Waals surface area contributed by atoms with Crippen LogP contribution in [0.25, 0.3) is 5.57 Å². The van der Waals surface area contributed by atoms with Gasteiger partial charge in [-0.1, -0.05) is 92.1 Å². The van der Waals surface area contributed by atoms with Gasteiger partial charge in [0.15, 0.2) is 5.67 Å². The van der Waals surface area contributed by atoms with Crippen LogP contribution in [0.4, 0.5) is 4.39 Å². The fraction of sp³-hybridized carbons (Fsp3) is 0.391. The van der Waals surface area contributed by atoms with Gasteiger partial charge in [-0.05, 0) is 36.1 Å². The Morgan fingerprint density at radius 3 is 2.57 bits per heavy atom. The fourth-order valence-electron chi connectivity index (χ4n) is 4.21. The van der Waals surface area contributed by atoms with Gasteiger partial charge in [-0.3, -0.25) is 9.69 Å². The number of hydrogen-bond acceptors (Lipinski definition) is 3. The van der Waals surface area contributed by atoms with E-state index in [-0.39, 0.29) is 18.4 Å². The molecule has 0 bridgehead atoms. The number of carbonyl (C=O) groups is 1. The number of thioether (sulfide) groups is 1. The number of allylic oxidation sites excluding steroid dienone is 5. The molecule has 1 unspecified atom stereocenters. The fourth-order valence-corrected chi connectivity index (χ4v) is 5.67. The maximum atomic E-state index is 15.7. The van der Waals surface area contributed by atoms with Crippen molar-refractivity contribution in [3.05, 3.63) is 65.1 Å². The van der Waals surface area contributed by atoms with Crippen molar-refractivity contribution in [2.45, 2.75) is 56.7 Å². The maximum Gasteiger partial charge on any atom is 0.266 e. The summed E-state index contributed by atoms with van der Waals surface area (Å²) < 4.78 is 16.2. The minimum Gasteiger partial charge on any atom is -0.290 e. The molecule has 3 aliphatic rings. The molecule has 2 aliphatic carbocycles. The molecule has 0 N–H and O–H groups in total. The Morgan fingerprint density at radius 2 is 1.86 bits per heavy atom. The van der Waals surface area contributed by atoms with E-state index in [0.717, 1.165) is 36.8 Å². The van der Waals surface area contributed by atoms with Crippen LogP contribution in [0.3, 0.4) is 0 Å². The molecular formula is C23H24FNOS2. The van der Waals surface area contributed by atoms with Crippen molar-refractivity contribution in [1.29, 1.82) is 0 Å². The number of amides is 1. The summed E-state index contributed by atoms with van der Waals surface area (Å²) >= 11 is 6.75. The van der Waals surface area contributed by atoms with Crippen LogP contribution in [0.2, 0.25) is 0 Å². The molecule has 0 radical (unpaired) electrons. The summed E-state index contributed by atoms with van der Waals surface area (Å²) in [5.41, 5.74) is 0.266. The summed E-state index contributed by atoms with van der Waals surface area (Å²) in [4.78, 5) is 15.2. The van der Waals surface area contributed by atoms with Crippen LogP contribution >= 0.6 is 24.0 Å². The minimum atomic E-state index is -1.67. The average Bonchev–Trinajstić information content (AvgIpc) is 2.87. The predicted molar refractivity (Wildman–Crippen MR) is 119 cm³/mol. The highest BCUT2D eigenvalue weighted by Crippen LogP contribution is 2.41. The number of hydrogen-bond donors (Lipinski definition) is 0. The topological polar surface area (TPSA) is 20.3 Å². The highest BCUT2D eigenvalue weighted by atomic mass is 32.2. The second kappa shape index (κ2) is 8.34. The van der Waals surface area contributed by atoms with Crippen LogP contribution in [0.5, 0.6) is 0 Å². The second-order valence-corrected chi connectivity index (χ2v) is 9.39. The van der Waals surface area contributed by atoms with Crippen molar-refractivity contribution < 1.29 is 9.18 Å². The second-order valence-electron chi connectivity index (χ2n) is 7.72. The van der Waals surface area contributed by atoms with Gasteiger partial charge in [0.2, 0.25) is 0 Å². The lowest BCUT2D eigenvalue weighted by Gasteiger charge is -2.26. The summed E-state index contributed by atoms with van der Waals surface area (Å²) in [6.07, 6.45) is 13.6. The summed E-state index contributed by atoms with van der Waals surface area (Å²) in [7, 11) is 0. The Labute approximate surface area is 175 Å². The van der Waals surface area contributed by atoms with Gasteiger partial charge in [0.25, 0.3) is 5.91 Å². The molecule has 1 heterocycles. The SMILES string of the molecule is O=C1C(=CC2(F)C=CC=C(c3ccccc3)C2)SC(=S)N1C1CCCCCC1. The first-order valence-electron chi connectivity index (χ1n) is 9.97. The zero-order valence-electron chi connectivity index (χ0n) is 15.8. The van der Waals surface area contributed by atoms with Crippen molar-refractivity contribution in [2.75, 3.05) is 0 Å². The molecule has 0 aromatic heterocycles. The first-order valence-corrected chi connectivity index (χ1v) is 11.2. The van der Waals surface area contributed by atoms with Gasteiger partial charge in [-0.2, -0.15) is 0 Å². The number of carbonyl (C=O) groups excluding carboxylic acids is 1. The molecule has 146 valence electrons. The minimum absolute atomic E-state index is 0.122. The number of rotatable bonds is 3. The van der Waals surface area contributed by atoms with Crippen LogP contribution in [0.1, 0.15) is 50.5 Å². The van der Waals surface area contributed by atoms with Crippen LogP contribution in [0.15, 0.2) is 59.5 Å². The van der Waals surface area contributed by atoms with Crippen molar-refractivity contribution in [3.63, 3.8) is 0 Å². The third-order valence-electron chi connectivity index (χ3n) is 5.66. The molecule has 1 amide bonds. The van der Waals surface area contributed by atoms with Gasteiger partial charge in [0.1, 0.15) is 4.32 Å². The number of alkyl halides is 1. The number of nitrogens with zero attached hydrogens (tertiary/aromatic N) is 1. The first-order chi connectivity index (χ1) is 13.6. The summed E-state index contributed by atoms with van der Waals surface area (Å²) in [6.45, 7) is 0. The van der Waals surface area contributed by atoms with E-state index in [2.05, 4.69) is 0 Å². The van der Waals surface area contributed by atoms with Gasteiger partial charge in [0.05, 0.1) is 4.91 Å². The molecule has 1 atom stereocenters. The van der Waals surface area contributed by atoms with Gasteiger partial charge in [0, 0.05) is 12.5 Å². The summed E-state index contributed by atoms with van der Waals surface area (Å²) in [5, 5.41) is 0. The summed E-state index contributed by atoms with van der Waals surface area (Å²) in [6, 6.07) is 9.98. The Bertz CT molecular complexity index is 853. The normalized spacial score (nSPS) is 28.0. The van der Waals surface area contributed by atoms with Crippen molar-refractivity contribution in [2.24, 2.45) is 0 Å². The molecule has 0 spiro atoms. The monoisotopic (exact) mass is 413 g/mol. The van der Waals surface area contributed by atoms with Crippen LogP contribution in [-0.4, -0.2) is 26.8 Å². The van der Waals surface area contributed by atoms with Gasteiger partial charge < -0.3 is 0 Å². The smallest absolute Gasteiger partial charge is 0.266 e. The van der Waals surface area contributed by atoms with E-state index in [1.165, 1.54) is 36.8 Å². The molecule has 1 aromatic carbocycles. The Hall–Kier alpha value is -1.72. The number of halogens is 1. The van der Waals surface area contributed by atoms with Crippen LogP contribution in [0, 0.1) is 0 Å². The maximum absolute atomic E-state index is 15.7. The Kier molecular flexibility index (Phi) is 5.83.